The van der Waals surface area contributed by atoms with E-state index in [1.54, 1.807) is 25.1 Å². The quantitative estimate of drug-likeness (QED) is 0.704. The number of para-hydroxylation sites is 1. The Hall–Kier alpha value is -2.53. The Morgan fingerprint density at radius 3 is 2.45 bits per heavy atom. The van der Waals surface area contributed by atoms with Crippen molar-refractivity contribution in [2.24, 2.45) is 0 Å². The molecule has 29 heavy (non-hydrogen) atoms. The van der Waals surface area contributed by atoms with E-state index in [2.05, 4.69) is 5.32 Å². The van der Waals surface area contributed by atoms with Crippen molar-refractivity contribution in [2.45, 2.75) is 51.2 Å². The van der Waals surface area contributed by atoms with Crippen molar-refractivity contribution >= 4 is 23.4 Å². The minimum absolute atomic E-state index is 0.142. The summed E-state index contributed by atoms with van der Waals surface area (Å²) in [5, 5.41) is 3.65. The van der Waals surface area contributed by atoms with Crippen molar-refractivity contribution in [2.75, 3.05) is 6.61 Å². The summed E-state index contributed by atoms with van der Waals surface area (Å²) in [6.45, 7) is 1.85. The SMILES string of the molecule is C[C@H](C(=O)NC1CCCC1)N(Cc1ccccc1Cl)C(=O)COc1ccccc1. The van der Waals surface area contributed by atoms with Gasteiger partial charge in [0.25, 0.3) is 5.91 Å². The fraction of sp³-hybridized carbons (Fsp3) is 0.391. The van der Waals surface area contributed by atoms with Crippen molar-refractivity contribution in [1.29, 1.82) is 0 Å². The van der Waals surface area contributed by atoms with Gasteiger partial charge in [-0.2, -0.15) is 0 Å². The molecule has 0 spiro atoms. The molecule has 1 fully saturated rings. The summed E-state index contributed by atoms with van der Waals surface area (Å²) in [5.74, 6) is 0.210. The number of halogens is 1. The van der Waals surface area contributed by atoms with Crippen LogP contribution in [0.25, 0.3) is 0 Å². The number of hydrogen-bond acceptors (Lipinski definition) is 3. The first-order chi connectivity index (χ1) is 14.0. The van der Waals surface area contributed by atoms with Crippen LogP contribution in [-0.4, -0.2) is 35.4 Å². The molecule has 0 saturated heterocycles. The van der Waals surface area contributed by atoms with E-state index in [-0.39, 0.29) is 31.0 Å². The van der Waals surface area contributed by atoms with Gasteiger partial charge in [-0.3, -0.25) is 9.59 Å². The number of rotatable bonds is 8. The third kappa shape index (κ3) is 5.97. The molecule has 6 heteroatoms. The number of ether oxygens (including phenoxy) is 1. The Morgan fingerprint density at radius 1 is 1.10 bits per heavy atom. The second-order valence-corrected chi connectivity index (χ2v) is 7.79. The van der Waals surface area contributed by atoms with Gasteiger partial charge in [0.2, 0.25) is 5.91 Å². The zero-order valence-corrected chi connectivity index (χ0v) is 17.4. The average molecular weight is 415 g/mol. The maximum absolute atomic E-state index is 13.0. The largest absolute Gasteiger partial charge is 0.484 e. The van der Waals surface area contributed by atoms with Crippen LogP contribution in [0.2, 0.25) is 5.02 Å². The average Bonchev–Trinajstić information content (AvgIpc) is 3.24. The van der Waals surface area contributed by atoms with Crippen LogP contribution in [0.15, 0.2) is 54.6 Å². The van der Waals surface area contributed by atoms with Gasteiger partial charge < -0.3 is 15.0 Å². The van der Waals surface area contributed by atoms with Gasteiger partial charge in [0.1, 0.15) is 11.8 Å². The molecule has 1 atom stereocenters. The topological polar surface area (TPSA) is 58.6 Å². The third-order valence-corrected chi connectivity index (χ3v) is 5.64. The zero-order chi connectivity index (χ0) is 20.6. The highest BCUT2D eigenvalue weighted by atomic mass is 35.5. The fourth-order valence-electron chi connectivity index (χ4n) is 3.53. The molecular formula is C23H27ClN2O3. The first-order valence-corrected chi connectivity index (χ1v) is 10.4. The van der Waals surface area contributed by atoms with Crippen LogP contribution in [0.5, 0.6) is 5.75 Å². The maximum atomic E-state index is 13.0. The molecule has 3 rings (SSSR count). The van der Waals surface area contributed by atoms with Crippen LogP contribution in [0, 0.1) is 0 Å². The molecule has 1 aliphatic rings. The highest BCUT2D eigenvalue weighted by Crippen LogP contribution is 2.21. The van der Waals surface area contributed by atoms with E-state index in [0.717, 1.165) is 31.2 Å². The summed E-state index contributed by atoms with van der Waals surface area (Å²) in [7, 11) is 0. The lowest BCUT2D eigenvalue weighted by Crippen LogP contribution is -2.50. The summed E-state index contributed by atoms with van der Waals surface area (Å²) in [6, 6.07) is 16.1. The molecule has 0 aromatic heterocycles. The molecule has 0 aliphatic heterocycles. The third-order valence-electron chi connectivity index (χ3n) is 5.27. The van der Waals surface area contributed by atoms with Crippen molar-refractivity contribution < 1.29 is 14.3 Å². The predicted molar refractivity (Wildman–Crippen MR) is 114 cm³/mol. The number of nitrogens with zero attached hydrogens (tertiary/aromatic N) is 1. The van der Waals surface area contributed by atoms with E-state index >= 15 is 0 Å². The zero-order valence-electron chi connectivity index (χ0n) is 16.6. The van der Waals surface area contributed by atoms with Crippen LogP contribution in [0.3, 0.4) is 0 Å². The molecule has 0 bridgehead atoms. The van der Waals surface area contributed by atoms with Crippen LogP contribution in [0.4, 0.5) is 0 Å². The number of carbonyl (C=O) groups is 2. The van der Waals surface area contributed by atoms with E-state index in [0.29, 0.717) is 10.8 Å². The first-order valence-electron chi connectivity index (χ1n) is 10.1. The lowest BCUT2D eigenvalue weighted by atomic mass is 10.1. The van der Waals surface area contributed by atoms with Crippen LogP contribution < -0.4 is 10.1 Å². The Bertz CT molecular complexity index is 822. The number of benzene rings is 2. The van der Waals surface area contributed by atoms with E-state index < -0.39 is 6.04 Å². The van der Waals surface area contributed by atoms with E-state index in [9.17, 15) is 9.59 Å². The highest BCUT2D eigenvalue weighted by Gasteiger charge is 2.29. The van der Waals surface area contributed by atoms with Crippen molar-refractivity contribution in [1.82, 2.24) is 10.2 Å². The van der Waals surface area contributed by atoms with Gasteiger partial charge in [-0.15, -0.1) is 0 Å². The second kappa shape index (κ2) is 10.3. The number of carbonyl (C=O) groups excluding carboxylic acids is 2. The monoisotopic (exact) mass is 414 g/mol. The van der Waals surface area contributed by atoms with Crippen molar-refractivity contribution in [3.05, 3.63) is 65.2 Å². The molecule has 0 radical (unpaired) electrons. The fourth-order valence-corrected chi connectivity index (χ4v) is 3.72. The van der Waals surface area contributed by atoms with Crippen molar-refractivity contribution in [3.8, 4) is 5.75 Å². The first kappa shape index (κ1) is 21.2. The molecule has 1 aliphatic carbocycles. The van der Waals surface area contributed by atoms with Gasteiger partial charge in [0.15, 0.2) is 6.61 Å². The number of nitrogens with one attached hydrogen (secondary N) is 1. The number of amides is 2. The second-order valence-electron chi connectivity index (χ2n) is 7.38. The van der Waals surface area contributed by atoms with E-state index in [1.165, 1.54) is 4.90 Å². The van der Waals surface area contributed by atoms with Crippen LogP contribution in [0.1, 0.15) is 38.2 Å². The van der Waals surface area contributed by atoms with E-state index in [1.807, 2.05) is 36.4 Å². The Kier molecular flexibility index (Phi) is 7.53. The van der Waals surface area contributed by atoms with Gasteiger partial charge in [-0.25, -0.2) is 0 Å². The summed E-state index contributed by atoms with van der Waals surface area (Å²) < 4.78 is 5.62. The Morgan fingerprint density at radius 2 is 1.76 bits per heavy atom. The lowest BCUT2D eigenvalue weighted by molar-refractivity contribution is -0.142. The van der Waals surface area contributed by atoms with Crippen LogP contribution in [-0.2, 0) is 16.1 Å². The summed E-state index contributed by atoms with van der Waals surface area (Å²) in [5.41, 5.74) is 0.794. The molecule has 1 N–H and O–H groups in total. The summed E-state index contributed by atoms with van der Waals surface area (Å²) in [4.78, 5) is 27.3. The molecule has 2 aromatic carbocycles. The van der Waals surface area contributed by atoms with E-state index in [4.69, 9.17) is 16.3 Å². The van der Waals surface area contributed by atoms with Gasteiger partial charge >= 0.3 is 0 Å². The molecule has 154 valence electrons. The minimum Gasteiger partial charge on any atom is -0.484 e. The predicted octanol–water partition coefficient (Wildman–Crippen LogP) is 4.19. The molecular weight excluding hydrogens is 388 g/mol. The van der Waals surface area contributed by atoms with Gasteiger partial charge in [-0.05, 0) is 43.5 Å². The van der Waals surface area contributed by atoms with Gasteiger partial charge in [0, 0.05) is 17.6 Å². The minimum atomic E-state index is -0.626. The normalized spacial score (nSPS) is 15.0. The maximum Gasteiger partial charge on any atom is 0.261 e. The highest BCUT2D eigenvalue weighted by molar-refractivity contribution is 6.31. The molecule has 1 saturated carbocycles. The van der Waals surface area contributed by atoms with Crippen LogP contribution >= 0.6 is 11.6 Å². The van der Waals surface area contributed by atoms with Gasteiger partial charge in [-0.1, -0.05) is 60.8 Å². The molecule has 0 unspecified atom stereocenters. The molecule has 0 heterocycles. The summed E-state index contributed by atoms with van der Waals surface area (Å²) >= 11 is 6.30. The smallest absolute Gasteiger partial charge is 0.261 e. The Balaban J connectivity index is 1.71. The number of hydrogen-bond donors (Lipinski definition) is 1. The molecule has 5 nitrogen and oxygen atoms in total. The lowest BCUT2D eigenvalue weighted by Gasteiger charge is -2.30. The Labute approximate surface area is 177 Å². The molecule has 2 aromatic rings. The standard InChI is InChI=1S/C23H27ClN2O3/c1-17(23(28)25-19-10-6-7-11-19)26(15-18-9-5-8-14-21(18)24)22(27)16-29-20-12-3-2-4-13-20/h2-5,8-9,12-14,17,19H,6-7,10-11,15-16H2,1H3,(H,25,28)/t17-/m1/s1. The molecule has 2 amide bonds. The van der Waals surface area contributed by atoms with Crippen molar-refractivity contribution in [3.63, 3.8) is 0 Å². The van der Waals surface area contributed by atoms with Gasteiger partial charge in [0.05, 0.1) is 0 Å². The summed E-state index contributed by atoms with van der Waals surface area (Å²) in [6.07, 6.45) is 4.25.